The molecule has 0 aliphatic carbocycles. The van der Waals surface area contributed by atoms with Gasteiger partial charge in [0, 0.05) is 22.7 Å². The number of likely N-dealkylation sites (N-methyl/N-ethyl adjacent to an activating group) is 1. The molecular formula is C24H19ClN2O3S. The molecule has 5 nitrogen and oxygen atoms in total. The third kappa shape index (κ3) is 4.17. The minimum Gasteiger partial charge on any atom is -0.497 e. The number of carbonyl (C=O) groups is 2. The number of amides is 2. The fraction of sp³-hybridized carbons (Fsp3) is 0.0833. The number of nitrogens with zero attached hydrogens (tertiary/aromatic N) is 2. The number of thioether (sulfide) groups is 1. The van der Waals surface area contributed by atoms with Crippen molar-refractivity contribution < 1.29 is 14.3 Å². The van der Waals surface area contributed by atoms with Gasteiger partial charge in [-0.2, -0.15) is 0 Å². The maximum absolute atomic E-state index is 13.5. The van der Waals surface area contributed by atoms with Gasteiger partial charge in [-0.05, 0) is 60.7 Å². The number of halogens is 1. The van der Waals surface area contributed by atoms with Crippen molar-refractivity contribution in [2.75, 3.05) is 24.0 Å². The first-order chi connectivity index (χ1) is 15.0. The number of imide groups is 1. The van der Waals surface area contributed by atoms with Crippen LogP contribution in [0.15, 0.2) is 94.4 Å². The first-order valence-corrected chi connectivity index (χ1v) is 10.7. The molecule has 4 rings (SSSR count). The third-order valence-corrected chi connectivity index (χ3v) is 6.19. The molecular weight excluding hydrogens is 432 g/mol. The van der Waals surface area contributed by atoms with Gasteiger partial charge in [0.1, 0.15) is 16.4 Å². The second-order valence-corrected chi connectivity index (χ2v) is 8.29. The highest BCUT2D eigenvalue weighted by Gasteiger charge is 2.42. The van der Waals surface area contributed by atoms with E-state index in [2.05, 4.69) is 0 Å². The smallest absolute Gasteiger partial charge is 0.283 e. The highest BCUT2D eigenvalue weighted by Crippen LogP contribution is 2.40. The van der Waals surface area contributed by atoms with E-state index in [4.69, 9.17) is 16.3 Å². The number of rotatable bonds is 6. The molecule has 1 heterocycles. The summed E-state index contributed by atoms with van der Waals surface area (Å²) in [6.07, 6.45) is 0. The van der Waals surface area contributed by atoms with Crippen molar-refractivity contribution in [3.05, 3.63) is 94.5 Å². The van der Waals surface area contributed by atoms with Crippen LogP contribution in [0.5, 0.6) is 5.75 Å². The number of hydrogen-bond donors (Lipinski definition) is 0. The molecule has 156 valence electrons. The van der Waals surface area contributed by atoms with Crippen LogP contribution < -0.4 is 14.5 Å². The Labute approximate surface area is 189 Å². The van der Waals surface area contributed by atoms with Gasteiger partial charge in [0.2, 0.25) is 0 Å². The molecule has 3 aromatic carbocycles. The zero-order valence-electron chi connectivity index (χ0n) is 16.9. The molecule has 7 heteroatoms. The maximum atomic E-state index is 13.5. The average molecular weight is 451 g/mol. The number of anilines is 2. The Kier molecular flexibility index (Phi) is 6.02. The Bertz CT molecular complexity index is 1150. The molecule has 0 atom stereocenters. The molecule has 1 aliphatic heterocycles. The second-order valence-electron chi connectivity index (χ2n) is 6.77. The van der Waals surface area contributed by atoms with Gasteiger partial charge < -0.3 is 9.64 Å². The number of ether oxygens (including phenoxy) is 1. The van der Waals surface area contributed by atoms with Crippen molar-refractivity contribution >= 4 is 46.6 Å². The van der Waals surface area contributed by atoms with Crippen LogP contribution >= 0.6 is 23.4 Å². The molecule has 0 saturated heterocycles. The van der Waals surface area contributed by atoms with Gasteiger partial charge in [0.05, 0.1) is 12.8 Å². The average Bonchev–Trinajstić information content (AvgIpc) is 3.04. The second kappa shape index (κ2) is 8.88. The van der Waals surface area contributed by atoms with E-state index < -0.39 is 0 Å². The van der Waals surface area contributed by atoms with Gasteiger partial charge in [0.25, 0.3) is 11.8 Å². The van der Waals surface area contributed by atoms with Crippen molar-refractivity contribution in [2.24, 2.45) is 0 Å². The maximum Gasteiger partial charge on any atom is 0.283 e. The van der Waals surface area contributed by atoms with Gasteiger partial charge in [-0.15, -0.1) is 0 Å². The van der Waals surface area contributed by atoms with Crippen LogP contribution in [0.2, 0.25) is 5.02 Å². The molecule has 0 aromatic heterocycles. The molecule has 3 aromatic rings. The van der Waals surface area contributed by atoms with Crippen molar-refractivity contribution in [3.63, 3.8) is 0 Å². The lowest BCUT2D eigenvalue weighted by molar-refractivity contribution is -0.120. The van der Waals surface area contributed by atoms with Gasteiger partial charge >= 0.3 is 0 Å². The first-order valence-electron chi connectivity index (χ1n) is 9.49. The van der Waals surface area contributed by atoms with Gasteiger partial charge in [-0.3, -0.25) is 9.59 Å². The Balaban J connectivity index is 1.77. The van der Waals surface area contributed by atoms with E-state index in [0.717, 1.165) is 10.6 Å². The van der Waals surface area contributed by atoms with Gasteiger partial charge in [0.15, 0.2) is 0 Å². The summed E-state index contributed by atoms with van der Waals surface area (Å²) >= 11 is 7.25. The molecule has 0 radical (unpaired) electrons. The minimum atomic E-state index is -0.377. The lowest BCUT2D eigenvalue weighted by atomic mass is 10.2. The number of para-hydroxylation sites is 1. The number of methoxy groups -OCH3 is 1. The van der Waals surface area contributed by atoms with Crippen LogP contribution in [-0.2, 0) is 9.59 Å². The molecule has 0 saturated carbocycles. The number of hydrogen-bond acceptors (Lipinski definition) is 5. The quantitative estimate of drug-likeness (QED) is 0.473. The Morgan fingerprint density at radius 2 is 1.52 bits per heavy atom. The minimum absolute atomic E-state index is 0.326. The van der Waals surface area contributed by atoms with Crippen LogP contribution in [0.1, 0.15) is 0 Å². The molecule has 0 fully saturated rings. The van der Waals surface area contributed by atoms with E-state index >= 15 is 0 Å². The van der Waals surface area contributed by atoms with Crippen LogP contribution in [0.25, 0.3) is 0 Å². The van der Waals surface area contributed by atoms with E-state index in [0.29, 0.717) is 27.1 Å². The van der Waals surface area contributed by atoms with E-state index in [1.54, 1.807) is 55.5 Å². The Morgan fingerprint density at radius 3 is 2.13 bits per heavy atom. The zero-order valence-corrected chi connectivity index (χ0v) is 18.5. The highest BCUT2D eigenvalue weighted by atomic mass is 35.5. The van der Waals surface area contributed by atoms with Crippen molar-refractivity contribution in [3.8, 4) is 5.75 Å². The predicted molar refractivity (Wildman–Crippen MR) is 125 cm³/mol. The summed E-state index contributed by atoms with van der Waals surface area (Å²) in [4.78, 5) is 31.0. The fourth-order valence-electron chi connectivity index (χ4n) is 3.25. The number of carbonyl (C=O) groups excluding carboxylic acids is 2. The van der Waals surface area contributed by atoms with Crippen LogP contribution in [0.4, 0.5) is 11.4 Å². The third-order valence-electron chi connectivity index (χ3n) is 4.86. The van der Waals surface area contributed by atoms with Crippen molar-refractivity contribution in [2.45, 2.75) is 4.90 Å². The van der Waals surface area contributed by atoms with Gasteiger partial charge in [-0.25, -0.2) is 4.90 Å². The van der Waals surface area contributed by atoms with Crippen molar-refractivity contribution in [1.29, 1.82) is 0 Å². The molecule has 1 aliphatic rings. The van der Waals surface area contributed by atoms with Crippen LogP contribution in [-0.4, -0.2) is 26.0 Å². The van der Waals surface area contributed by atoms with E-state index in [-0.39, 0.29) is 11.8 Å². The topological polar surface area (TPSA) is 49.9 Å². The van der Waals surface area contributed by atoms with Crippen molar-refractivity contribution in [1.82, 2.24) is 0 Å². The Hall–Kier alpha value is -3.22. The lowest BCUT2D eigenvalue weighted by Crippen LogP contribution is -2.34. The summed E-state index contributed by atoms with van der Waals surface area (Å²) in [6, 6.07) is 23.5. The van der Waals surface area contributed by atoms with Gasteiger partial charge in [-0.1, -0.05) is 41.6 Å². The summed E-state index contributed by atoms with van der Waals surface area (Å²) in [5, 5.41) is 0.605. The van der Waals surface area contributed by atoms with E-state index in [1.807, 2.05) is 42.5 Å². The van der Waals surface area contributed by atoms with Crippen LogP contribution in [0.3, 0.4) is 0 Å². The summed E-state index contributed by atoms with van der Waals surface area (Å²) < 4.78 is 5.19. The first kappa shape index (κ1) is 21.0. The fourth-order valence-corrected chi connectivity index (χ4v) is 4.39. The standard InChI is InChI=1S/C24H19ClN2O3S/c1-26(17-6-4-3-5-7-17)21-22(31-20-14-8-16(25)9-15-20)24(29)27(23(21)28)18-10-12-19(30-2)13-11-18/h3-15H,1-2H3. The lowest BCUT2D eigenvalue weighted by Gasteiger charge is -2.21. The molecule has 0 N–H and O–H groups in total. The normalized spacial score (nSPS) is 13.7. The van der Waals surface area contributed by atoms with Crippen LogP contribution in [0, 0.1) is 0 Å². The zero-order chi connectivity index (χ0) is 22.0. The number of benzene rings is 3. The summed E-state index contributed by atoms with van der Waals surface area (Å²) in [7, 11) is 3.35. The Morgan fingerprint density at radius 1 is 0.871 bits per heavy atom. The van der Waals surface area contributed by atoms with E-state index in [9.17, 15) is 9.59 Å². The largest absolute Gasteiger partial charge is 0.497 e. The molecule has 31 heavy (non-hydrogen) atoms. The molecule has 0 bridgehead atoms. The monoisotopic (exact) mass is 450 g/mol. The summed E-state index contributed by atoms with van der Waals surface area (Å²) in [5.74, 6) is -0.0981. The molecule has 2 amide bonds. The SMILES string of the molecule is COc1ccc(N2C(=O)C(Sc3ccc(Cl)cc3)=C(N(C)c3ccccc3)C2=O)cc1. The predicted octanol–water partition coefficient (Wildman–Crippen LogP) is 5.36. The summed E-state index contributed by atoms with van der Waals surface area (Å²) in [5.41, 5.74) is 1.62. The molecule has 0 spiro atoms. The summed E-state index contributed by atoms with van der Waals surface area (Å²) in [6.45, 7) is 0. The highest BCUT2D eigenvalue weighted by molar-refractivity contribution is 8.04. The van der Waals surface area contributed by atoms with E-state index in [1.165, 1.54) is 16.7 Å². The molecule has 0 unspecified atom stereocenters.